The van der Waals surface area contributed by atoms with Crippen molar-refractivity contribution in [2.75, 3.05) is 33.4 Å². The summed E-state index contributed by atoms with van der Waals surface area (Å²) >= 11 is 0. The quantitative estimate of drug-likeness (QED) is 0.801. The number of rotatable bonds is 6. The summed E-state index contributed by atoms with van der Waals surface area (Å²) in [6, 6.07) is 8.49. The standard InChI is InChI=1S/C13H16N2O3/c1-18-8-6-15(5-7-16)13(17)12-4-2-3-11(9-12)10-14/h2-4,9,16H,5-8H2,1H3. The molecule has 18 heavy (non-hydrogen) atoms. The summed E-state index contributed by atoms with van der Waals surface area (Å²) < 4.78 is 4.92. The van der Waals surface area contributed by atoms with Crippen LogP contribution in [0.3, 0.4) is 0 Å². The SMILES string of the molecule is COCCN(CCO)C(=O)c1cccc(C#N)c1. The van der Waals surface area contributed by atoms with E-state index in [1.165, 1.54) is 4.90 Å². The molecule has 0 radical (unpaired) electrons. The molecule has 1 amide bonds. The van der Waals surface area contributed by atoms with Gasteiger partial charge in [0, 0.05) is 25.8 Å². The van der Waals surface area contributed by atoms with Crippen molar-refractivity contribution in [2.45, 2.75) is 0 Å². The topological polar surface area (TPSA) is 73.6 Å². The fraction of sp³-hybridized carbons (Fsp3) is 0.385. The third-order valence-electron chi connectivity index (χ3n) is 2.46. The molecule has 1 N–H and O–H groups in total. The molecule has 0 unspecified atom stereocenters. The Bertz CT molecular complexity index is 440. The highest BCUT2D eigenvalue weighted by molar-refractivity contribution is 5.94. The normalized spacial score (nSPS) is 9.83. The van der Waals surface area contributed by atoms with E-state index in [0.717, 1.165) is 0 Å². The molecule has 0 fully saturated rings. The van der Waals surface area contributed by atoms with Gasteiger partial charge in [0.2, 0.25) is 0 Å². The Hall–Kier alpha value is -1.90. The first-order chi connectivity index (χ1) is 8.72. The molecule has 0 aliphatic heterocycles. The smallest absolute Gasteiger partial charge is 0.254 e. The van der Waals surface area contributed by atoms with Crippen LogP contribution in [0.2, 0.25) is 0 Å². The molecule has 1 aromatic carbocycles. The molecule has 96 valence electrons. The first-order valence-electron chi connectivity index (χ1n) is 5.62. The molecule has 0 spiro atoms. The number of aliphatic hydroxyl groups excluding tert-OH is 1. The van der Waals surface area contributed by atoms with Crippen LogP contribution in [0, 0.1) is 11.3 Å². The molecule has 0 saturated carbocycles. The van der Waals surface area contributed by atoms with E-state index in [0.29, 0.717) is 24.3 Å². The van der Waals surface area contributed by atoms with Crippen molar-refractivity contribution < 1.29 is 14.6 Å². The minimum absolute atomic E-state index is 0.104. The van der Waals surface area contributed by atoms with Gasteiger partial charge in [-0.3, -0.25) is 4.79 Å². The predicted octanol–water partition coefficient (Wildman–Crippen LogP) is 0.639. The number of ether oxygens (including phenoxy) is 1. The van der Waals surface area contributed by atoms with E-state index in [2.05, 4.69) is 0 Å². The fourth-order valence-corrected chi connectivity index (χ4v) is 1.54. The molecule has 0 bridgehead atoms. The van der Waals surface area contributed by atoms with Gasteiger partial charge in [-0.1, -0.05) is 6.07 Å². The summed E-state index contributed by atoms with van der Waals surface area (Å²) in [4.78, 5) is 13.7. The minimum atomic E-state index is -0.210. The van der Waals surface area contributed by atoms with Crippen LogP contribution in [0.4, 0.5) is 0 Å². The van der Waals surface area contributed by atoms with Crippen LogP contribution in [0.1, 0.15) is 15.9 Å². The van der Waals surface area contributed by atoms with Crippen molar-refractivity contribution in [3.63, 3.8) is 0 Å². The number of amides is 1. The lowest BCUT2D eigenvalue weighted by Gasteiger charge is -2.21. The van der Waals surface area contributed by atoms with E-state index in [1.807, 2.05) is 6.07 Å². The second-order valence-electron chi connectivity index (χ2n) is 3.70. The maximum atomic E-state index is 12.2. The highest BCUT2D eigenvalue weighted by atomic mass is 16.5. The Morgan fingerprint density at radius 1 is 1.50 bits per heavy atom. The van der Waals surface area contributed by atoms with Gasteiger partial charge < -0.3 is 14.7 Å². The number of carbonyl (C=O) groups excluding carboxylic acids is 1. The largest absolute Gasteiger partial charge is 0.395 e. The molecule has 1 rings (SSSR count). The number of benzene rings is 1. The van der Waals surface area contributed by atoms with Crippen molar-refractivity contribution in [1.29, 1.82) is 5.26 Å². The second-order valence-corrected chi connectivity index (χ2v) is 3.70. The molecule has 1 aromatic rings. The van der Waals surface area contributed by atoms with Gasteiger partial charge in [-0.2, -0.15) is 5.26 Å². The minimum Gasteiger partial charge on any atom is -0.395 e. The first kappa shape index (κ1) is 14.2. The van der Waals surface area contributed by atoms with Gasteiger partial charge in [-0.05, 0) is 18.2 Å². The third-order valence-corrected chi connectivity index (χ3v) is 2.46. The van der Waals surface area contributed by atoms with E-state index >= 15 is 0 Å². The molecular weight excluding hydrogens is 232 g/mol. The monoisotopic (exact) mass is 248 g/mol. The number of methoxy groups -OCH3 is 1. The van der Waals surface area contributed by atoms with Gasteiger partial charge in [0.1, 0.15) is 0 Å². The van der Waals surface area contributed by atoms with Crippen LogP contribution in [0.5, 0.6) is 0 Å². The van der Waals surface area contributed by atoms with Crippen molar-refractivity contribution >= 4 is 5.91 Å². The van der Waals surface area contributed by atoms with Gasteiger partial charge in [0.15, 0.2) is 0 Å². The number of nitriles is 1. The Morgan fingerprint density at radius 3 is 2.89 bits per heavy atom. The van der Waals surface area contributed by atoms with Crippen LogP contribution in [-0.2, 0) is 4.74 Å². The molecule has 0 aliphatic carbocycles. The number of hydrogen-bond donors (Lipinski definition) is 1. The molecule has 0 heterocycles. The van der Waals surface area contributed by atoms with E-state index < -0.39 is 0 Å². The Kier molecular flexibility index (Phi) is 5.85. The lowest BCUT2D eigenvalue weighted by Crippen LogP contribution is -2.36. The van der Waals surface area contributed by atoms with Gasteiger partial charge in [0.05, 0.1) is 24.8 Å². The average Bonchev–Trinajstić information content (AvgIpc) is 2.42. The first-order valence-corrected chi connectivity index (χ1v) is 5.62. The van der Waals surface area contributed by atoms with E-state index in [9.17, 15) is 4.79 Å². The summed E-state index contributed by atoms with van der Waals surface area (Å²) in [6.07, 6.45) is 0. The Labute approximate surface area is 106 Å². The molecule has 0 saturated heterocycles. The van der Waals surface area contributed by atoms with Crippen LogP contribution in [0.15, 0.2) is 24.3 Å². The average molecular weight is 248 g/mol. The highest BCUT2D eigenvalue weighted by Gasteiger charge is 2.15. The Morgan fingerprint density at radius 2 is 2.28 bits per heavy atom. The van der Waals surface area contributed by atoms with Gasteiger partial charge >= 0.3 is 0 Å². The highest BCUT2D eigenvalue weighted by Crippen LogP contribution is 2.08. The van der Waals surface area contributed by atoms with Crippen LogP contribution < -0.4 is 0 Å². The fourth-order valence-electron chi connectivity index (χ4n) is 1.54. The van der Waals surface area contributed by atoms with Crippen molar-refractivity contribution in [2.24, 2.45) is 0 Å². The Balaban J connectivity index is 2.84. The zero-order valence-electron chi connectivity index (χ0n) is 10.3. The summed E-state index contributed by atoms with van der Waals surface area (Å²) in [5, 5.41) is 17.7. The van der Waals surface area contributed by atoms with Gasteiger partial charge in [-0.25, -0.2) is 0 Å². The van der Waals surface area contributed by atoms with E-state index in [-0.39, 0.29) is 19.1 Å². The maximum Gasteiger partial charge on any atom is 0.254 e. The number of hydrogen-bond acceptors (Lipinski definition) is 4. The predicted molar refractivity (Wildman–Crippen MR) is 66.0 cm³/mol. The molecule has 0 aliphatic rings. The van der Waals surface area contributed by atoms with E-state index in [1.54, 1.807) is 31.4 Å². The third kappa shape index (κ3) is 3.84. The number of nitrogens with zero attached hydrogens (tertiary/aromatic N) is 2. The molecule has 5 heteroatoms. The second kappa shape index (κ2) is 7.43. The summed E-state index contributed by atoms with van der Waals surface area (Å²) in [5.74, 6) is -0.210. The van der Waals surface area contributed by atoms with Crippen molar-refractivity contribution in [3.05, 3.63) is 35.4 Å². The summed E-state index contributed by atoms with van der Waals surface area (Å²) in [5.41, 5.74) is 0.884. The lowest BCUT2D eigenvalue weighted by molar-refractivity contribution is 0.0656. The van der Waals surface area contributed by atoms with Gasteiger partial charge in [-0.15, -0.1) is 0 Å². The number of carbonyl (C=O) groups is 1. The van der Waals surface area contributed by atoms with Crippen LogP contribution in [-0.4, -0.2) is 49.3 Å². The zero-order valence-corrected chi connectivity index (χ0v) is 10.3. The zero-order chi connectivity index (χ0) is 13.4. The summed E-state index contributed by atoms with van der Waals surface area (Å²) in [7, 11) is 1.55. The summed E-state index contributed by atoms with van der Waals surface area (Å²) in [6.45, 7) is 0.961. The van der Waals surface area contributed by atoms with Crippen molar-refractivity contribution in [3.8, 4) is 6.07 Å². The molecular formula is C13H16N2O3. The van der Waals surface area contributed by atoms with E-state index in [4.69, 9.17) is 15.1 Å². The number of aliphatic hydroxyl groups is 1. The van der Waals surface area contributed by atoms with Crippen LogP contribution in [0.25, 0.3) is 0 Å². The maximum absolute atomic E-state index is 12.2. The molecule has 0 aromatic heterocycles. The van der Waals surface area contributed by atoms with Gasteiger partial charge in [0.25, 0.3) is 5.91 Å². The molecule has 5 nitrogen and oxygen atoms in total. The van der Waals surface area contributed by atoms with Crippen LogP contribution >= 0.6 is 0 Å². The van der Waals surface area contributed by atoms with Crippen molar-refractivity contribution in [1.82, 2.24) is 4.90 Å². The molecule has 0 atom stereocenters. The lowest BCUT2D eigenvalue weighted by atomic mass is 10.1.